The van der Waals surface area contributed by atoms with Gasteiger partial charge in [0.2, 0.25) is 5.95 Å². The molecule has 6 nitrogen and oxygen atoms in total. The van der Waals surface area contributed by atoms with Crippen LogP contribution in [0.25, 0.3) is 0 Å². The van der Waals surface area contributed by atoms with Gasteiger partial charge in [0.05, 0.1) is 6.10 Å². The topological polar surface area (TPSA) is 76.1 Å². The molecule has 0 radical (unpaired) electrons. The fraction of sp³-hybridized carbons (Fsp3) is 0.476. The van der Waals surface area contributed by atoms with Crippen LogP contribution in [0.4, 0.5) is 11.6 Å². The molecule has 1 atom stereocenters. The van der Waals surface area contributed by atoms with E-state index in [4.69, 9.17) is 4.74 Å². The Labute approximate surface area is 160 Å². The number of para-hydroxylation sites is 1. The molecule has 1 aliphatic rings. The fourth-order valence-corrected chi connectivity index (χ4v) is 3.29. The molecule has 2 aromatic rings. The van der Waals surface area contributed by atoms with E-state index in [0.717, 1.165) is 42.0 Å². The number of nitrogens with one attached hydrogen (secondary N) is 2. The van der Waals surface area contributed by atoms with E-state index in [1.165, 1.54) is 0 Å². The molecule has 1 amide bonds. The number of carbonyl (C=O) groups is 1. The van der Waals surface area contributed by atoms with E-state index in [9.17, 15) is 4.79 Å². The number of benzene rings is 1. The summed E-state index contributed by atoms with van der Waals surface area (Å²) < 4.78 is 5.61. The number of nitrogens with zero attached hydrogens (tertiary/aromatic N) is 2. The number of rotatable bonds is 6. The molecule has 0 spiro atoms. The lowest BCUT2D eigenvalue weighted by molar-refractivity contribution is 0.102. The summed E-state index contributed by atoms with van der Waals surface area (Å²) in [6.45, 7) is 9.56. The van der Waals surface area contributed by atoms with Crippen LogP contribution in [0.3, 0.4) is 0 Å². The Bertz CT molecular complexity index is 814. The maximum absolute atomic E-state index is 12.9. The predicted octanol–water partition coefficient (Wildman–Crippen LogP) is 4.06. The molecule has 2 heterocycles. The molecule has 1 aromatic heterocycles. The van der Waals surface area contributed by atoms with Gasteiger partial charge in [-0.05, 0) is 49.8 Å². The molecule has 6 heteroatoms. The Kier molecular flexibility index (Phi) is 6.06. The number of hydrogen-bond donors (Lipinski definition) is 2. The summed E-state index contributed by atoms with van der Waals surface area (Å²) in [5.41, 5.74) is 4.12. The van der Waals surface area contributed by atoms with Crippen LogP contribution in [-0.4, -0.2) is 35.1 Å². The molecule has 0 saturated carbocycles. The molecule has 144 valence electrons. The maximum atomic E-state index is 12.9. The van der Waals surface area contributed by atoms with Crippen LogP contribution in [-0.2, 0) is 4.74 Å². The average Bonchev–Trinajstić information content (AvgIpc) is 3.14. The number of aromatic nitrogens is 2. The Hall–Kier alpha value is -2.47. The van der Waals surface area contributed by atoms with Crippen molar-refractivity contribution in [1.82, 2.24) is 9.97 Å². The van der Waals surface area contributed by atoms with Crippen LogP contribution in [0.15, 0.2) is 24.3 Å². The molecule has 1 saturated heterocycles. The molecule has 1 aromatic carbocycles. The number of ether oxygens (including phenoxy) is 1. The highest BCUT2D eigenvalue weighted by Gasteiger charge is 2.18. The SMILES string of the molecule is Cc1cc(C(=O)Nc2c(C)cccc2C(C)C)nc(NCC2CCCO2)n1. The summed E-state index contributed by atoms with van der Waals surface area (Å²) in [7, 11) is 0. The Morgan fingerprint density at radius 1 is 1.30 bits per heavy atom. The minimum absolute atomic E-state index is 0.187. The number of carbonyl (C=O) groups excluding carboxylic acids is 1. The number of hydrogen-bond acceptors (Lipinski definition) is 5. The zero-order valence-electron chi connectivity index (χ0n) is 16.5. The molecule has 0 aliphatic carbocycles. The molecule has 27 heavy (non-hydrogen) atoms. The van der Waals surface area contributed by atoms with Gasteiger partial charge in [-0.1, -0.05) is 32.0 Å². The number of amides is 1. The number of aryl methyl sites for hydroxylation is 2. The first-order valence-electron chi connectivity index (χ1n) is 9.56. The van der Waals surface area contributed by atoms with E-state index in [2.05, 4.69) is 34.4 Å². The van der Waals surface area contributed by atoms with Crippen LogP contribution >= 0.6 is 0 Å². The van der Waals surface area contributed by atoms with E-state index in [1.807, 2.05) is 32.0 Å². The van der Waals surface area contributed by atoms with Gasteiger partial charge in [0, 0.05) is 24.5 Å². The standard InChI is InChI=1S/C21H28N4O2/c1-13(2)17-9-5-7-14(3)19(17)25-20(26)18-11-15(4)23-21(24-18)22-12-16-8-6-10-27-16/h5,7,9,11,13,16H,6,8,10,12H2,1-4H3,(H,25,26)(H,22,23,24). The molecular weight excluding hydrogens is 340 g/mol. The summed E-state index contributed by atoms with van der Waals surface area (Å²) in [4.78, 5) is 21.6. The molecule has 2 N–H and O–H groups in total. The van der Waals surface area contributed by atoms with E-state index in [0.29, 0.717) is 24.1 Å². The summed E-state index contributed by atoms with van der Waals surface area (Å²) in [6, 6.07) is 7.77. The monoisotopic (exact) mass is 368 g/mol. The van der Waals surface area contributed by atoms with Crippen LogP contribution in [0, 0.1) is 13.8 Å². The fourth-order valence-electron chi connectivity index (χ4n) is 3.29. The molecule has 3 rings (SSSR count). The molecule has 0 bridgehead atoms. The summed E-state index contributed by atoms with van der Waals surface area (Å²) >= 11 is 0. The van der Waals surface area contributed by atoms with Crippen LogP contribution in [0.2, 0.25) is 0 Å². The van der Waals surface area contributed by atoms with Crippen molar-refractivity contribution in [3.8, 4) is 0 Å². The lowest BCUT2D eigenvalue weighted by Crippen LogP contribution is -2.22. The first-order valence-corrected chi connectivity index (χ1v) is 9.56. The molecule has 1 aliphatic heterocycles. The second-order valence-electron chi connectivity index (χ2n) is 7.38. The Morgan fingerprint density at radius 3 is 2.81 bits per heavy atom. The van der Waals surface area contributed by atoms with Gasteiger partial charge < -0.3 is 15.4 Å². The molecule has 1 unspecified atom stereocenters. The van der Waals surface area contributed by atoms with Crippen molar-refractivity contribution in [2.24, 2.45) is 0 Å². The zero-order valence-corrected chi connectivity index (χ0v) is 16.5. The second-order valence-corrected chi connectivity index (χ2v) is 7.38. The predicted molar refractivity (Wildman–Crippen MR) is 107 cm³/mol. The van der Waals surface area contributed by atoms with Gasteiger partial charge >= 0.3 is 0 Å². The highest BCUT2D eigenvalue weighted by molar-refractivity contribution is 6.04. The zero-order chi connectivity index (χ0) is 19.4. The normalized spacial score (nSPS) is 16.6. The van der Waals surface area contributed by atoms with Crippen molar-refractivity contribution in [1.29, 1.82) is 0 Å². The van der Waals surface area contributed by atoms with Gasteiger partial charge in [0.25, 0.3) is 5.91 Å². The smallest absolute Gasteiger partial charge is 0.274 e. The first kappa shape index (κ1) is 19.3. The van der Waals surface area contributed by atoms with Gasteiger partial charge in [-0.3, -0.25) is 4.79 Å². The summed E-state index contributed by atoms with van der Waals surface area (Å²) in [5, 5.41) is 6.25. The maximum Gasteiger partial charge on any atom is 0.274 e. The quantitative estimate of drug-likeness (QED) is 0.804. The largest absolute Gasteiger partial charge is 0.376 e. The first-order chi connectivity index (χ1) is 12.9. The van der Waals surface area contributed by atoms with Crippen molar-refractivity contribution in [3.05, 3.63) is 46.8 Å². The van der Waals surface area contributed by atoms with Crippen molar-refractivity contribution in [2.75, 3.05) is 23.8 Å². The van der Waals surface area contributed by atoms with E-state index >= 15 is 0 Å². The number of anilines is 2. The van der Waals surface area contributed by atoms with Crippen molar-refractivity contribution in [2.45, 2.75) is 52.6 Å². The van der Waals surface area contributed by atoms with Crippen molar-refractivity contribution in [3.63, 3.8) is 0 Å². The lowest BCUT2D eigenvalue weighted by Gasteiger charge is -2.17. The van der Waals surface area contributed by atoms with Gasteiger partial charge in [0.1, 0.15) is 5.69 Å². The van der Waals surface area contributed by atoms with E-state index in [-0.39, 0.29) is 12.0 Å². The average molecular weight is 368 g/mol. The van der Waals surface area contributed by atoms with Crippen molar-refractivity contribution < 1.29 is 9.53 Å². The lowest BCUT2D eigenvalue weighted by atomic mass is 9.98. The molecular formula is C21H28N4O2. The Balaban J connectivity index is 1.77. The second kappa shape index (κ2) is 8.48. The highest BCUT2D eigenvalue weighted by Crippen LogP contribution is 2.27. The third kappa shape index (κ3) is 4.83. The minimum Gasteiger partial charge on any atom is -0.376 e. The van der Waals surface area contributed by atoms with Crippen LogP contribution < -0.4 is 10.6 Å². The minimum atomic E-state index is -0.225. The third-order valence-corrected chi connectivity index (χ3v) is 4.76. The van der Waals surface area contributed by atoms with Gasteiger partial charge in [-0.25, -0.2) is 9.97 Å². The summed E-state index contributed by atoms with van der Waals surface area (Å²) in [5.74, 6) is 0.553. The van der Waals surface area contributed by atoms with Gasteiger partial charge in [0.15, 0.2) is 0 Å². The van der Waals surface area contributed by atoms with E-state index in [1.54, 1.807) is 6.07 Å². The van der Waals surface area contributed by atoms with Crippen LogP contribution in [0.1, 0.15) is 59.9 Å². The van der Waals surface area contributed by atoms with Gasteiger partial charge in [-0.2, -0.15) is 0 Å². The Morgan fingerprint density at radius 2 is 2.11 bits per heavy atom. The molecule has 1 fully saturated rings. The van der Waals surface area contributed by atoms with Gasteiger partial charge in [-0.15, -0.1) is 0 Å². The summed E-state index contributed by atoms with van der Waals surface area (Å²) in [6.07, 6.45) is 2.31. The van der Waals surface area contributed by atoms with Crippen LogP contribution in [0.5, 0.6) is 0 Å². The highest BCUT2D eigenvalue weighted by atomic mass is 16.5. The van der Waals surface area contributed by atoms with Crippen molar-refractivity contribution >= 4 is 17.5 Å². The van der Waals surface area contributed by atoms with E-state index < -0.39 is 0 Å². The third-order valence-electron chi connectivity index (χ3n) is 4.76.